The molecule has 0 aliphatic heterocycles. The monoisotopic (exact) mass is 254 g/mol. The second-order valence-corrected chi connectivity index (χ2v) is 4.37. The van der Waals surface area contributed by atoms with E-state index < -0.39 is 0 Å². The van der Waals surface area contributed by atoms with Crippen molar-refractivity contribution in [2.45, 2.75) is 6.92 Å². The summed E-state index contributed by atoms with van der Waals surface area (Å²) in [6, 6.07) is 7.63. The summed E-state index contributed by atoms with van der Waals surface area (Å²) < 4.78 is 0. The molecular formula is C13H14N6. The van der Waals surface area contributed by atoms with Crippen molar-refractivity contribution >= 4 is 34.2 Å². The summed E-state index contributed by atoms with van der Waals surface area (Å²) in [4.78, 5) is 11.4. The van der Waals surface area contributed by atoms with Crippen LogP contribution in [0.1, 0.15) is 5.56 Å². The zero-order valence-electron chi connectivity index (χ0n) is 10.4. The van der Waals surface area contributed by atoms with Crippen molar-refractivity contribution in [3.63, 3.8) is 0 Å². The molecule has 3 rings (SSSR count). The summed E-state index contributed by atoms with van der Waals surface area (Å²) in [6.07, 6.45) is 1.80. The van der Waals surface area contributed by atoms with Crippen LogP contribution >= 0.6 is 0 Å². The largest absolute Gasteiger partial charge is 0.399 e. The van der Waals surface area contributed by atoms with Crippen molar-refractivity contribution in [1.29, 1.82) is 0 Å². The van der Waals surface area contributed by atoms with E-state index in [2.05, 4.69) is 20.3 Å². The van der Waals surface area contributed by atoms with E-state index in [4.69, 9.17) is 11.5 Å². The predicted molar refractivity (Wildman–Crippen MR) is 77.2 cm³/mol. The van der Waals surface area contributed by atoms with Gasteiger partial charge in [-0.05, 0) is 36.8 Å². The van der Waals surface area contributed by atoms with Gasteiger partial charge in [-0.25, -0.2) is 0 Å². The number of nitrogens with zero attached hydrogens (tertiary/aromatic N) is 2. The first-order valence-corrected chi connectivity index (χ1v) is 5.87. The van der Waals surface area contributed by atoms with E-state index in [9.17, 15) is 0 Å². The number of aryl methyl sites for hydroxylation is 1. The maximum absolute atomic E-state index is 5.80. The SMILES string of the molecule is Cc1cc(Nc2nc(N)nc3[nH]ccc23)ccc1N. The predicted octanol–water partition coefficient (Wildman–Crippen LogP) is 2.17. The van der Waals surface area contributed by atoms with Crippen molar-refractivity contribution in [2.75, 3.05) is 16.8 Å². The Hall–Kier alpha value is -2.76. The molecule has 0 atom stereocenters. The van der Waals surface area contributed by atoms with Gasteiger partial charge in [-0.2, -0.15) is 9.97 Å². The highest BCUT2D eigenvalue weighted by Crippen LogP contribution is 2.25. The topological polar surface area (TPSA) is 106 Å². The lowest BCUT2D eigenvalue weighted by atomic mass is 10.2. The van der Waals surface area contributed by atoms with E-state index >= 15 is 0 Å². The molecule has 0 unspecified atom stereocenters. The Bertz CT molecular complexity index is 746. The van der Waals surface area contributed by atoms with E-state index in [0.29, 0.717) is 11.5 Å². The number of nitrogen functional groups attached to an aromatic ring is 2. The standard InChI is InChI=1S/C13H14N6/c1-7-6-8(2-3-10(7)14)17-12-9-4-5-16-11(9)18-13(15)19-12/h2-6H,14H2,1H3,(H4,15,16,17,18,19). The molecule has 0 fully saturated rings. The molecule has 6 heteroatoms. The highest BCUT2D eigenvalue weighted by Gasteiger charge is 2.07. The molecule has 96 valence electrons. The maximum Gasteiger partial charge on any atom is 0.224 e. The molecule has 1 aromatic carbocycles. The van der Waals surface area contributed by atoms with Gasteiger partial charge in [-0.3, -0.25) is 0 Å². The van der Waals surface area contributed by atoms with Gasteiger partial charge in [0.25, 0.3) is 0 Å². The summed E-state index contributed by atoms with van der Waals surface area (Å²) in [5.74, 6) is 0.900. The highest BCUT2D eigenvalue weighted by atomic mass is 15.1. The number of aromatic nitrogens is 3. The van der Waals surface area contributed by atoms with Crippen LogP contribution in [0.25, 0.3) is 11.0 Å². The lowest BCUT2D eigenvalue weighted by Crippen LogP contribution is -2.01. The second-order valence-electron chi connectivity index (χ2n) is 4.37. The van der Waals surface area contributed by atoms with Crippen molar-refractivity contribution < 1.29 is 0 Å². The molecule has 0 aliphatic carbocycles. The van der Waals surface area contributed by atoms with Crippen LogP contribution in [0.2, 0.25) is 0 Å². The van der Waals surface area contributed by atoms with Crippen LogP contribution in [-0.4, -0.2) is 15.0 Å². The summed E-state index contributed by atoms with van der Waals surface area (Å²) in [5.41, 5.74) is 14.9. The highest BCUT2D eigenvalue weighted by molar-refractivity contribution is 5.90. The van der Waals surface area contributed by atoms with Gasteiger partial charge in [0.05, 0.1) is 5.39 Å². The van der Waals surface area contributed by atoms with Crippen molar-refractivity contribution in [3.8, 4) is 0 Å². The number of anilines is 4. The molecule has 0 saturated carbocycles. The summed E-state index contributed by atoms with van der Waals surface area (Å²) in [6.45, 7) is 1.96. The van der Waals surface area contributed by atoms with Gasteiger partial charge in [0.15, 0.2) is 0 Å². The molecule has 0 amide bonds. The third kappa shape index (κ3) is 2.03. The number of hydrogen-bond acceptors (Lipinski definition) is 5. The Balaban J connectivity index is 2.04. The van der Waals surface area contributed by atoms with Crippen LogP contribution in [0.15, 0.2) is 30.5 Å². The van der Waals surface area contributed by atoms with E-state index in [1.165, 1.54) is 0 Å². The van der Waals surface area contributed by atoms with Crippen LogP contribution in [0, 0.1) is 6.92 Å². The average Bonchev–Trinajstić information content (AvgIpc) is 2.82. The average molecular weight is 254 g/mol. The minimum atomic E-state index is 0.226. The molecule has 0 spiro atoms. The fraction of sp³-hybridized carbons (Fsp3) is 0.0769. The Kier molecular flexibility index (Phi) is 2.49. The summed E-state index contributed by atoms with van der Waals surface area (Å²) in [7, 11) is 0. The molecular weight excluding hydrogens is 240 g/mol. The molecule has 0 aliphatic rings. The zero-order chi connectivity index (χ0) is 13.4. The van der Waals surface area contributed by atoms with E-state index in [-0.39, 0.29) is 5.95 Å². The van der Waals surface area contributed by atoms with Crippen LogP contribution in [0.4, 0.5) is 23.1 Å². The Morgan fingerprint density at radius 2 is 2.00 bits per heavy atom. The molecule has 0 radical (unpaired) electrons. The van der Waals surface area contributed by atoms with Crippen LogP contribution in [0.5, 0.6) is 0 Å². The lowest BCUT2D eigenvalue weighted by Gasteiger charge is -2.09. The van der Waals surface area contributed by atoms with Gasteiger partial charge in [0.2, 0.25) is 5.95 Å². The summed E-state index contributed by atoms with van der Waals surface area (Å²) >= 11 is 0. The number of benzene rings is 1. The van der Waals surface area contributed by atoms with Gasteiger partial charge in [0, 0.05) is 17.6 Å². The second kappa shape index (κ2) is 4.16. The maximum atomic E-state index is 5.80. The smallest absolute Gasteiger partial charge is 0.224 e. The molecule has 2 heterocycles. The van der Waals surface area contributed by atoms with Crippen molar-refractivity contribution in [3.05, 3.63) is 36.0 Å². The normalized spacial score (nSPS) is 10.8. The third-order valence-corrected chi connectivity index (χ3v) is 2.97. The third-order valence-electron chi connectivity index (χ3n) is 2.97. The van der Waals surface area contributed by atoms with E-state index in [1.807, 2.05) is 31.2 Å². The first-order valence-electron chi connectivity index (χ1n) is 5.87. The Morgan fingerprint density at radius 3 is 2.79 bits per heavy atom. The fourth-order valence-electron chi connectivity index (χ4n) is 1.94. The number of H-pyrrole nitrogens is 1. The molecule has 0 bridgehead atoms. The number of aromatic amines is 1. The fourth-order valence-corrected chi connectivity index (χ4v) is 1.94. The van der Waals surface area contributed by atoms with Crippen LogP contribution in [0.3, 0.4) is 0 Å². The van der Waals surface area contributed by atoms with Gasteiger partial charge in [-0.1, -0.05) is 0 Å². The lowest BCUT2D eigenvalue weighted by molar-refractivity contribution is 1.21. The minimum Gasteiger partial charge on any atom is -0.399 e. The number of hydrogen-bond donors (Lipinski definition) is 4. The number of fused-ring (bicyclic) bond motifs is 1. The Morgan fingerprint density at radius 1 is 1.16 bits per heavy atom. The molecule has 0 saturated heterocycles. The quantitative estimate of drug-likeness (QED) is 0.524. The molecule has 3 aromatic rings. The number of rotatable bonds is 2. The van der Waals surface area contributed by atoms with Crippen molar-refractivity contribution in [1.82, 2.24) is 15.0 Å². The van der Waals surface area contributed by atoms with Gasteiger partial charge < -0.3 is 21.8 Å². The number of nitrogens with one attached hydrogen (secondary N) is 2. The minimum absolute atomic E-state index is 0.226. The van der Waals surface area contributed by atoms with Crippen molar-refractivity contribution in [2.24, 2.45) is 0 Å². The molecule has 6 nitrogen and oxygen atoms in total. The molecule has 19 heavy (non-hydrogen) atoms. The van der Waals surface area contributed by atoms with E-state index in [1.54, 1.807) is 6.20 Å². The first-order chi connectivity index (χ1) is 9.13. The van der Waals surface area contributed by atoms with Gasteiger partial charge in [0.1, 0.15) is 11.5 Å². The molecule has 6 N–H and O–H groups in total. The zero-order valence-corrected chi connectivity index (χ0v) is 10.4. The Labute approximate surface area is 109 Å². The molecule has 2 aromatic heterocycles. The van der Waals surface area contributed by atoms with Gasteiger partial charge in [-0.15, -0.1) is 0 Å². The first kappa shape index (κ1) is 11.3. The van der Waals surface area contributed by atoms with Crippen LogP contribution < -0.4 is 16.8 Å². The van der Waals surface area contributed by atoms with Crippen LogP contribution in [-0.2, 0) is 0 Å². The number of nitrogens with two attached hydrogens (primary N) is 2. The van der Waals surface area contributed by atoms with Gasteiger partial charge >= 0.3 is 0 Å². The van der Waals surface area contributed by atoms with E-state index in [0.717, 1.165) is 22.3 Å². The summed E-state index contributed by atoms with van der Waals surface area (Å²) in [5, 5.41) is 4.13.